The van der Waals surface area contributed by atoms with Crippen molar-refractivity contribution in [3.8, 4) is 11.5 Å². The van der Waals surface area contributed by atoms with E-state index in [2.05, 4.69) is 25.7 Å². The van der Waals surface area contributed by atoms with E-state index in [-0.39, 0.29) is 0 Å². The maximum absolute atomic E-state index is 12.4. The Morgan fingerprint density at radius 2 is 1.56 bits per heavy atom. The van der Waals surface area contributed by atoms with Gasteiger partial charge in [0, 0.05) is 37.2 Å². The van der Waals surface area contributed by atoms with E-state index in [1.54, 1.807) is 14.2 Å². The van der Waals surface area contributed by atoms with Gasteiger partial charge in [0.15, 0.2) is 11.5 Å². The number of nitrogens with zero attached hydrogens (tertiary/aromatic N) is 3. The number of methoxy groups -OCH3 is 2. The molecule has 0 bridgehead atoms. The standard InChI is InChI=1S/C20H30BrN3O3/c1-26-18-12-16(17(21)13-19(18)27-2)14-22-6-5-7-23(11-10-22)15-20(25)24-8-3-4-9-24/h12-13H,3-11,14-15H2,1-2H3. The minimum absolute atomic E-state index is 0.295. The molecule has 1 aromatic rings. The van der Waals surface area contributed by atoms with Crippen molar-refractivity contribution in [1.29, 1.82) is 0 Å². The first-order valence-electron chi connectivity index (χ1n) is 9.73. The van der Waals surface area contributed by atoms with Crippen LogP contribution in [-0.2, 0) is 11.3 Å². The molecule has 0 saturated carbocycles. The third-order valence-corrected chi connectivity index (χ3v) is 6.18. The number of ether oxygens (including phenoxy) is 2. The third kappa shape index (κ3) is 5.36. The number of rotatable bonds is 6. The molecule has 2 saturated heterocycles. The maximum Gasteiger partial charge on any atom is 0.236 e. The Morgan fingerprint density at radius 3 is 2.26 bits per heavy atom. The van der Waals surface area contributed by atoms with Crippen LogP contribution in [0.4, 0.5) is 0 Å². The van der Waals surface area contributed by atoms with Crippen LogP contribution in [0.2, 0.25) is 0 Å². The van der Waals surface area contributed by atoms with Crippen LogP contribution in [0.1, 0.15) is 24.8 Å². The van der Waals surface area contributed by atoms with Crippen LogP contribution in [-0.4, -0.2) is 80.6 Å². The summed E-state index contributed by atoms with van der Waals surface area (Å²) in [6.45, 7) is 7.22. The van der Waals surface area contributed by atoms with E-state index in [1.807, 2.05) is 17.0 Å². The van der Waals surface area contributed by atoms with Crippen LogP contribution in [0.25, 0.3) is 0 Å². The van der Waals surface area contributed by atoms with E-state index in [1.165, 1.54) is 5.56 Å². The molecule has 2 aliphatic rings. The summed E-state index contributed by atoms with van der Waals surface area (Å²) >= 11 is 3.66. The van der Waals surface area contributed by atoms with Crippen LogP contribution in [0.15, 0.2) is 16.6 Å². The second-order valence-electron chi connectivity index (χ2n) is 7.29. The first-order chi connectivity index (χ1) is 13.1. The van der Waals surface area contributed by atoms with E-state index in [0.29, 0.717) is 12.5 Å². The Kier molecular flexibility index (Phi) is 7.38. The normalized spacial score (nSPS) is 19.1. The van der Waals surface area contributed by atoms with E-state index >= 15 is 0 Å². The smallest absolute Gasteiger partial charge is 0.236 e. The van der Waals surface area contributed by atoms with Gasteiger partial charge < -0.3 is 14.4 Å². The first kappa shape index (κ1) is 20.4. The van der Waals surface area contributed by atoms with E-state index in [9.17, 15) is 4.79 Å². The second-order valence-corrected chi connectivity index (χ2v) is 8.15. The zero-order valence-corrected chi connectivity index (χ0v) is 18.0. The number of halogens is 1. The molecular weight excluding hydrogens is 410 g/mol. The van der Waals surface area contributed by atoms with Crippen molar-refractivity contribution in [3.63, 3.8) is 0 Å². The van der Waals surface area contributed by atoms with Crippen molar-refractivity contribution in [2.75, 3.05) is 60.0 Å². The number of carbonyl (C=O) groups is 1. The van der Waals surface area contributed by atoms with Gasteiger partial charge in [-0.15, -0.1) is 0 Å². The minimum Gasteiger partial charge on any atom is -0.493 e. The van der Waals surface area contributed by atoms with Crippen molar-refractivity contribution in [3.05, 3.63) is 22.2 Å². The lowest BCUT2D eigenvalue weighted by atomic mass is 10.2. The molecule has 150 valence electrons. The predicted octanol–water partition coefficient (Wildman–Crippen LogP) is 2.60. The van der Waals surface area contributed by atoms with Crippen LogP contribution >= 0.6 is 15.9 Å². The van der Waals surface area contributed by atoms with Crippen molar-refractivity contribution in [2.45, 2.75) is 25.8 Å². The summed E-state index contributed by atoms with van der Waals surface area (Å²) in [5.41, 5.74) is 1.19. The summed E-state index contributed by atoms with van der Waals surface area (Å²) in [5, 5.41) is 0. The summed E-state index contributed by atoms with van der Waals surface area (Å²) in [6.07, 6.45) is 3.39. The third-order valence-electron chi connectivity index (χ3n) is 5.45. The van der Waals surface area contributed by atoms with E-state index < -0.39 is 0 Å². The second kappa shape index (κ2) is 9.75. The molecule has 2 heterocycles. The Bertz CT molecular complexity index is 650. The average molecular weight is 440 g/mol. The van der Waals surface area contributed by atoms with E-state index in [0.717, 1.165) is 81.0 Å². The van der Waals surface area contributed by atoms with Crippen LogP contribution < -0.4 is 9.47 Å². The fraction of sp³-hybridized carbons (Fsp3) is 0.650. The summed E-state index contributed by atoms with van der Waals surface area (Å²) in [6, 6.07) is 4.01. The van der Waals surface area contributed by atoms with Gasteiger partial charge in [-0.05, 0) is 50.0 Å². The Labute approximate surface area is 170 Å². The molecule has 6 nitrogen and oxygen atoms in total. The highest BCUT2D eigenvalue weighted by Gasteiger charge is 2.22. The van der Waals surface area contributed by atoms with Crippen molar-refractivity contribution >= 4 is 21.8 Å². The van der Waals surface area contributed by atoms with Crippen molar-refractivity contribution in [1.82, 2.24) is 14.7 Å². The van der Waals surface area contributed by atoms with Crippen molar-refractivity contribution in [2.24, 2.45) is 0 Å². The Hall–Kier alpha value is -1.31. The molecule has 3 rings (SSSR count). The number of benzene rings is 1. The molecule has 7 heteroatoms. The average Bonchev–Trinajstić information content (AvgIpc) is 3.13. The van der Waals surface area contributed by atoms with Gasteiger partial charge in [-0.1, -0.05) is 15.9 Å². The highest BCUT2D eigenvalue weighted by atomic mass is 79.9. The molecule has 27 heavy (non-hydrogen) atoms. The lowest BCUT2D eigenvalue weighted by Crippen LogP contribution is -2.40. The maximum atomic E-state index is 12.4. The number of hydrogen-bond acceptors (Lipinski definition) is 5. The lowest BCUT2D eigenvalue weighted by molar-refractivity contribution is -0.131. The van der Waals surface area contributed by atoms with Crippen LogP contribution in [0.5, 0.6) is 11.5 Å². The molecule has 0 N–H and O–H groups in total. The molecule has 1 amide bonds. The summed E-state index contributed by atoms with van der Waals surface area (Å²) in [5.74, 6) is 1.78. The van der Waals surface area contributed by atoms with Gasteiger partial charge in [-0.25, -0.2) is 0 Å². The van der Waals surface area contributed by atoms with E-state index in [4.69, 9.17) is 9.47 Å². The summed E-state index contributed by atoms with van der Waals surface area (Å²) in [4.78, 5) is 19.2. The first-order valence-corrected chi connectivity index (χ1v) is 10.5. The Balaban J connectivity index is 1.56. The zero-order valence-electron chi connectivity index (χ0n) is 16.4. The van der Waals surface area contributed by atoms with Gasteiger partial charge in [-0.3, -0.25) is 14.6 Å². The SMILES string of the molecule is COc1cc(Br)c(CN2CCCN(CC(=O)N3CCCC3)CC2)cc1OC. The molecule has 0 aromatic heterocycles. The topological polar surface area (TPSA) is 45.2 Å². The zero-order chi connectivity index (χ0) is 19.2. The van der Waals surface area contributed by atoms with Crippen molar-refractivity contribution < 1.29 is 14.3 Å². The molecule has 0 spiro atoms. The number of likely N-dealkylation sites (tertiary alicyclic amines) is 1. The number of hydrogen-bond donors (Lipinski definition) is 0. The molecule has 2 fully saturated rings. The van der Waals surface area contributed by atoms with Crippen LogP contribution in [0, 0.1) is 0 Å². The summed E-state index contributed by atoms with van der Waals surface area (Å²) in [7, 11) is 3.31. The van der Waals surface area contributed by atoms with Gasteiger partial charge in [0.25, 0.3) is 0 Å². The predicted molar refractivity (Wildman–Crippen MR) is 109 cm³/mol. The summed E-state index contributed by atoms with van der Waals surface area (Å²) < 4.78 is 11.8. The fourth-order valence-corrected chi connectivity index (χ4v) is 4.30. The minimum atomic E-state index is 0.295. The largest absolute Gasteiger partial charge is 0.493 e. The number of carbonyl (C=O) groups excluding carboxylic acids is 1. The van der Waals surface area contributed by atoms with Gasteiger partial charge in [-0.2, -0.15) is 0 Å². The molecular formula is C20H30BrN3O3. The van der Waals surface area contributed by atoms with Gasteiger partial charge in [0.1, 0.15) is 0 Å². The lowest BCUT2D eigenvalue weighted by Gasteiger charge is -2.24. The molecule has 2 aliphatic heterocycles. The molecule has 1 aromatic carbocycles. The van der Waals surface area contributed by atoms with Gasteiger partial charge >= 0.3 is 0 Å². The quantitative estimate of drug-likeness (QED) is 0.681. The molecule has 0 radical (unpaired) electrons. The monoisotopic (exact) mass is 439 g/mol. The Morgan fingerprint density at radius 1 is 0.926 bits per heavy atom. The number of amides is 1. The highest BCUT2D eigenvalue weighted by Crippen LogP contribution is 2.34. The van der Waals surface area contributed by atoms with Gasteiger partial charge in [0.05, 0.1) is 20.8 Å². The highest BCUT2D eigenvalue weighted by molar-refractivity contribution is 9.10. The fourth-order valence-electron chi connectivity index (χ4n) is 3.86. The molecule has 0 unspecified atom stereocenters. The van der Waals surface area contributed by atoms with Gasteiger partial charge in [0.2, 0.25) is 5.91 Å². The molecule has 0 atom stereocenters. The molecule has 0 aliphatic carbocycles. The van der Waals surface area contributed by atoms with Crippen LogP contribution in [0.3, 0.4) is 0 Å².